The summed E-state index contributed by atoms with van der Waals surface area (Å²) in [4.78, 5) is 0. The van der Waals surface area contributed by atoms with Gasteiger partial charge in [0.25, 0.3) is 0 Å². The summed E-state index contributed by atoms with van der Waals surface area (Å²) in [6.45, 7) is 0. The Bertz CT molecular complexity index is 8.00. The van der Waals surface area contributed by atoms with Crippen molar-refractivity contribution in [2.24, 2.45) is 0 Å². The van der Waals surface area contributed by atoms with Crippen molar-refractivity contribution in [2.45, 2.75) is 0 Å². The summed E-state index contributed by atoms with van der Waals surface area (Å²) in [6.07, 6.45) is 0. The van der Waals surface area contributed by atoms with Crippen LogP contribution in [0, 0.1) is 0 Å². The maximum absolute atomic E-state index is 2.85. The second-order valence-electron chi connectivity index (χ2n) is 0. The van der Waals surface area contributed by atoms with Crippen molar-refractivity contribution < 1.29 is 32.6 Å². The van der Waals surface area contributed by atoms with Gasteiger partial charge in [0.05, 0.1) is 0 Å². The Hall–Kier alpha value is 2.00. The molecule has 0 nitrogen and oxygen atoms in total. The van der Waals surface area contributed by atoms with Crippen LogP contribution in [0.1, 0.15) is 0 Å². The van der Waals surface area contributed by atoms with E-state index in [0.717, 1.165) is 0 Å². The van der Waals surface area contributed by atoms with Crippen LogP contribution in [-0.4, -0.2) is 17.4 Å². The number of hydrogen-bond donors (Lipinski definition) is 0. The van der Waals surface area contributed by atoms with Gasteiger partial charge in [0.15, 0.2) is 17.4 Å². The molecule has 0 bridgehead atoms. The molecule has 0 heterocycles. The number of rotatable bonds is 0. The van der Waals surface area contributed by atoms with Crippen LogP contribution in [-0.2, 0) is 32.6 Å². The predicted molar refractivity (Wildman–Crippen MR) is 19.6 cm³/mol. The van der Waals surface area contributed by atoms with Gasteiger partial charge >= 0.3 is 23.5 Å². The zero-order valence-corrected chi connectivity index (χ0v) is 4.75. The van der Waals surface area contributed by atoms with Crippen LogP contribution in [0.4, 0.5) is 0 Å². The monoisotopic (exact) mass is 174 g/mol. The van der Waals surface area contributed by atoms with Crippen LogP contribution in [0.3, 0.4) is 0 Å². The molecule has 4 heteroatoms. The van der Waals surface area contributed by atoms with E-state index in [2.05, 4.69) is 23.5 Å². The summed E-state index contributed by atoms with van der Waals surface area (Å²) in [5.41, 5.74) is 0. The summed E-state index contributed by atoms with van der Waals surface area (Å²) in [5.74, 6) is 0. The minimum atomic E-state index is 0. The van der Waals surface area contributed by atoms with Gasteiger partial charge in [0.2, 0.25) is 0 Å². The van der Waals surface area contributed by atoms with Gasteiger partial charge in [-0.05, 0) is 0 Å². The van der Waals surface area contributed by atoms with Crippen LogP contribution >= 0.6 is 7.93 Å². The molecule has 0 aromatic rings. The molecule has 0 N–H and O–H groups in total. The predicted octanol–water partition coefficient (Wildman–Crippen LogP) is -0.863. The van der Waals surface area contributed by atoms with Crippen LogP contribution in [0.15, 0.2) is 0 Å². The molecule has 0 radical (unpaired) electrons. The van der Waals surface area contributed by atoms with Gasteiger partial charge < -0.3 is 0 Å². The molecule has 0 saturated heterocycles. The first-order valence-electron chi connectivity index (χ1n) is 0.218. The van der Waals surface area contributed by atoms with E-state index in [-0.39, 0.29) is 34.4 Å². The van der Waals surface area contributed by atoms with Crippen molar-refractivity contribution in [3.05, 3.63) is 0 Å². The first-order chi connectivity index (χ1) is 1.00. The maximum atomic E-state index is 2.85. The third-order valence-corrected chi connectivity index (χ3v) is 0. The molecule has 0 rings (SSSR count). The summed E-state index contributed by atoms with van der Waals surface area (Å²) >= 11 is 2.85. The normalized spacial score (nSPS) is 1.50. The first kappa shape index (κ1) is 16.7. The van der Waals surface area contributed by atoms with Gasteiger partial charge in [-0.1, -0.05) is 0 Å². The molecule has 28 valence electrons. The van der Waals surface area contributed by atoms with E-state index < -0.39 is 0 Å². The summed E-state index contributed by atoms with van der Waals surface area (Å²) < 4.78 is 0. The topological polar surface area (TPSA) is 0 Å². The van der Waals surface area contributed by atoms with E-state index in [4.69, 9.17) is 0 Å². The van der Waals surface area contributed by atoms with Crippen molar-refractivity contribution in [1.82, 2.24) is 0 Å². The molecule has 4 heavy (non-hydrogen) atoms. The van der Waals surface area contributed by atoms with Crippen LogP contribution in [0.2, 0.25) is 0 Å². The number of hydrogen-bond acceptors (Lipinski definition) is 0. The zero-order valence-electron chi connectivity index (χ0n) is 1.31. The average molecular weight is 174 g/mol. The van der Waals surface area contributed by atoms with E-state index in [1.165, 1.54) is 0 Å². The fourth-order valence-electron chi connectivity index (χ4n) is 0. The first-order valence-corrected chi connectivity index (χ1v) is 2.70. The SMILES string of the molecule is [AlH3].[Fe].[PH2][Mn]. The van der Waals surface area contributed by atoms with Crippen molar-refractivity contribution >= 4 is 25.3 Å². The molecular formula is H5AlFeMnP. The Balaban J connectivity index is -0.00000000500. The molecule has 0 aliphatic carbocycles. The Morgan fingerprint density at radius 1 is 1.25 bits per heavy atom. The molecular weight excluding hydrogens is 169 g/mol. The van der Waals surface area contributed by atoms with E-state index in [0.29, 0.717) is 0 Å². The van der Waals surface area contributed by atoms with Crippen LogP contribution in [0.25, 0.3) is 0 Å². The van der Waals surface area contributed by atoms with Crippen LogP contribution < -0.4 is 0 Å². The minimum absolute atomic E-state index is 0. The molecule has 0 fully saturated rings. The van der Waals surface area contributed by atoms with E-state index in [1.54, 1.807) is 0 Å². The average Bonchev–Trinajstić information content (AvgIpc) is 1.00. The summed E-state index contributed by atoms with van der Waals surface area (Å²) in [7, 11) is 2.23. The second-order valence-corrected chi connectivity index (χ2v) is 0. The van der Waals surface area contributed by atoms with E-state index >= 15 is 0 Å². The van der Waals surface area contributed by atoms with Crippen molar-refractivity contribution in [2.75, 3.05) is 0 Å². The Labute approximate surface area is 57.7 Å². The van der Waals surface area contributed by atoms with Crippen molar-refractivity contribution in [3.8, 4) is 0 Å². The zero-order chi connectivity index (χ0) is 2.00. The standard InChI is InChI=1S/Al.Fe.Mn.H2P.3H/h;;;1H2;;;/q;;+1;-1;;;. The molecule has 0 aliphatic rings. The fraction of sp³-hybridized carbons (Fsp3) is 0. The Morgan fingerprint density at radius 3 is 1.25 bits per heavy atom. The van der Waals surface area contributed by atoms with E-state index in [1.807, 2.05) is 0 Å². The van der Waals surface area contributed by atoms with Gasteiger partial charge in [-0.15, -0.1) is 0 Å². The molecule has 1 unspecified atom stereocenters. The Kier molecular flexibility index (Phi) is 83.3. The van der Waals surface area contributed by atoms with Gasteiger partial charge in [0.1, 0.15) is 0 Å². The van der Waals surface area contributed by atoms with Gasteiger partial charge in [-0.25, -0.2) is 0 Å². The van der Waals surface area contributed by atoms with Gasteiger partial charge in [-0.3, -0.25) is 0 Å². The Morgan fingerprint density at radius 2 is 1.25 bits per heavy atom. The quantitative estimate of drug-likeness (QED) is 0.331. The third-order valence-electron chi connectivity index (χ3n) is 0. The fourth-order valence-corrected chi connectivity index (χ4v) is 0. The van der Waals surface area contributed by atoms with Gasteiger partial charge in [0, 0.05) is 17.1 Å². The van der Waals surface area contributed by atoms with Crippen molar-refractivity contribution in [1.29, 1.82) is 0 Å². The molecule has 0 amide bonds. The molecule has 0 aliphatic heterocycles. The van der Waals surface area contributed by atoms with Crippen molar-refractivity contribution in [3.63, 3.8) is 0 Å². The summed E-state index contributed by atoms with van der Waals surface area (Å²) in [6, 6.07) is 0. The van der Waals surface area contributed by atoms with E-state index in [9.17, 15) is 0 Å². The van der Waals surface area contributed by atoms with Crippen LogP contribution in [0.5, 0.6) is 0 Å². The molecule has 0 spiro atoms. The molecule has 0 aromatic carbocycles. The van der Waals surface area contributed by atoms with Gasteiger partial charge in [-0.2, -0.15) is 0 Å². The second kappa shape index (κ2) is 20.0. The molecule has 0 aromatic heterocycles. The molecule has 1 atom stereocenters. The summed E-state index contributed by atoms with van der Waals surface area (Å²) in [5, 5.41) is 0. The molecule has 0 saturated carbocycles. The third kappa shape index (κ3) is 9.00.